The van der Waals surface area contributed by atoms with Crippen molar-refractivity contribution in [2.24, 2.45) is 0 Å². The number of rotatable bonds is 7. The van der Waals surface area contributed by atoms with Crippen LogP contribution in [-0.2, 0) is 4.79 Å². The van der Waals surface area contributed by atoms with Gasteiger partial charge in [0.05, 0.1) is 12.6 Å². The molecule has 1 saturated carbocycles. The van der Waals surface area contributed by atoms with Crippen molar-refractivity contribution < 1.29 is 9.53 Å². The Morgan fingerprint density at radius 3 is 2.50 bits per heavy atom. The monoisotopic (exact) mass is 276 g/mol. The standard InChI is InChI=1S/C16H24N2O2/c1-4-20-15-9-5-13(6-10-15)11(2)17-12(3)16(19)18-14-7-8-14/h5-6,9-12,14,17H,4,7-8H2,1-3H3,(H,18,19). The van der Waals surface area contributed by atoms with Crippen molar-refractivity contribution >= 4 is 5.91 Å². The zero-order chi connectivity index (χ0) is 14.5. The second kappa shape index (κ2) is 6.75. The highest BCUT2D eigenvalue weighted by Gasteiger charge is 2.26. The van der Waals surface area contributed by atoms with Gasteiger partial charge in [-0.3, -0.25) is 10.1 Å². The van der Waals surface area contributed by atoms with E-state index in [4.69, 9.17) is 4.74 Å². The Morgan fingerprint density at radius 1 is 1.30 bits per heavy atom. The number of hydrogen-bond donors (Lipinski definition) is 2. The molecule has 2 N–H and O–H groups in total. The van der Waals surface area contributed by atoms with Gasteiger partial charge in [0, 0.05) is 12.1 Å². The molecule has 0 aromatic heterocycles. The van der Waals surface area contributed by atoms with Crippen LogP contribution >= 0.6 is 0 Å². The second-order valence-corrected chi connectivity index (χ2v) is 5.39. The summed E-state index contributed by atoms with van der Waals surface area (Å²) in [6.07, 6.45) is 2.24. The van der Waals surface area contributed by atoms with E-state index in [0.29, 0.717) is 12.6 Å². The van der Waals surface area contributed by atoms with Crippen molar-refractivity contribution in [2.75, 3.05) is 6.61 Å². The normalized spacial score (nSPS) is 17.4. The van der Waals surface area contributed by atoms with Gasteiger partial charge in [0.2, 0.25) is 5.91 Å². The highest BCUT2D eigenvalue weighted by Crippen LogP contribution is 2.20. The molecule has 0 heterocycles. The third kappa shape index (κ3) is 4.23. The minimum Gasteiger partial charge on any atom is -0.494 e. The number of carbonyl (C=O) groups is 1. The van der Waals surface area contributed by atoms with Gasteiger partial charge in [-0.1, -0.05) is 12.1 Å². The number of hydrogen-bond acceptors (Lipinski definition) is 3. The molecule has 0 aliphatic heterocycles. The molecule has 0 saturated heterocycles. The van der Waals surface area contributed by atoms with Crippen molar-refractivity contribution in [3.63, 3.8) is 0 Å². The SMILES string of the molecule is CCOc1ccc(C(C)NC(C)C(=O)NC2CC2)cc1. The number of benzene rings is 1. The van der Waals surface area contributed by atoms with E-state index < -0.39 is 0 Å². The Balaban J connectivity index is 1.86. The highest BCUT2D eigenvalue weighted by molar-refractivity contribution is 5.81. The Kier molecular flexibility index (Phi) is 5.01. The Hall–Kier alpha value is -1.55. The summed E-state index contributed by atoms with van der Waals surface area (Å²) in [5, 5.41) is 6.34. The Morgan fingerprint density at radius 2 is 1.95 bits per heavy atom. The van der Waals surface area contributed by atoms with Crippen molar-refractivity contribution in [3.05, 3.63) is 29.8 Å². The molecule has 1 fully saturated rings. The molecular weight excluding hydrogens is 252 g/mol. The summed E-state index contributed by atoms with van der Waals surface area (Å²) < 4.78 is 5.43. The zero-order valence-corrected chi connectivity index (χ0v) is 12.5. The molecule has 2 rings (SSSR count). The van der Waals surface area contributed by atoms with E-state index in [2.05, 4.69) is 17.6 Å². The van der Waals surface area contributed by atoms with Gasteiger partial charge in [-0.05, 0) is 51.3 Å². The maximum Gasteiger partial charge on any atom is 0.237 e. The van der Waals surface area contributed by atoms with E-state index in [1.807, 2.05) is 38.1 Å². The molecule has 4 nitrogen and oxygen atoms in total. The van der Waals surface area contributed by atoms with Crippen molar-refractivity contribution in [3.8, 4) is 5.75 Å². The topological polar surface area (TPSA) is 50.4 Å². The predicted octanol–water partition coefficient (Wildman–Crippen LogP) is 2.40. The van der Waals surface area contributed by atoms with E-state index in [0.717, 1.165) is 24.2 Å². The van der Waals surface area contributed by atoms with Gasteiger partial charge in [-0.2, -0.15) is 0 Å². The summed E-state index contributed by atoms with van der Waals surface area (Å²) in [4.78, 5) is 11.9. The summed E-state index contributed by atoms with van der Waals surface area (Å²) in [6.45, 7) is 6.61. The zero-order valence-electron chi connectivity index (χ0n) is 12.5. The smallest absolute Gasteiger partial charge is 0.237 e. The van der Waals surface area contributed by atoms with Gasteiger partial charge in [0.15, 0.2) is 0 Å². The molecule has 4 heteroatoms. The van der Waals surface area contributed by atoms with Crippen LogP contribution in [0.2, 0.25) is 0 Å². The molecule has 110 valence electrons. The lowest BCUT2D eigenvalue weighted by molar-refractivity contribution is -0.123. The minimum atomic E-state index is -0.183. The van der Waals surface area contributed by atoms with Crippen LogP contribution in [0.5, 0.6) is 5.75 Å². The maximum atomic E-state index is 11.9. The maximum absolute atomic E-state index is 11.9. The number of carbonyl (C=O) groups excluding carboxylic acids is 1. The summed E-state index contributed by atoms with van der Waals surface area (Å²) in [6, 6.07) is 8.36. The van der Waals surface area contributed by atoms with Crippen molar-refractivity contribution in [1.82, 2.24) is 10.6 Å². The molecule has 0 bridgehead atoms. The third-order valence-corrected chi connectivity index (χ3v) is 3.51. The fourth-order valence-corrected chi connectivity index (χ4v) is 2.12. The van der Waals surface area contributed by atoms with Crippen LogP contribution in [0, 0.1) is 0 Å². The number of amides is 1. The molecule has 1 amide bonds. The Labute approximate surface area is 120 Å². The van der Waals surface area contributed by atoms with Crippen LogP contribution in [0.15, 0.2) is 24.3 Å². The molecular formula is C16H24N2O2. The minimum absolute atomic E-state index is 0.0882. The molecule has 0 radical (unpaired) electrons. The fraction of sp³-hybridized carbons (Fsp3) is 0.562. The van der Waals surface area contributed by atoms with Crippen LogP contribution < -0.4 is 15.4 Å². The molecule has 1 aliphatic carbocycles. The number of ether oxygens (including phenoxy) is 1. The first-order valence-corrected chi connectivity index (χ1v) is 7.39. The average Bonchev–Trinajstić information content (AvgIpc) is 3.23. The summed E-state index contributed by atoms with van der Waals surface area (Å²) in [5.74, 6) is 0.966. The molecule has 1 aromatic rings. The molecule has 2 unspecified atom stereocenters. The molecule has 1 aliphatic rings. The van der Waals surface area contributed by atoms with Crippen LogP contribution in [0.1, 0.15) is 45.2 Å². The first-order chi connectivity index (χ1) is 9.60. The van der Waals surface area contributed by atoms with E-state index in [-0.39, 0.29) is 18.0 Å². The van der Waals surface area contributed by atoms with Gasteiger partial charge in [-0.15, -0.1) is 0 Å². The molecule has 1 aromatic carbocycles. The first-order valence-electron chi connectivity index (χ1n) is 7.39. The lowest BCUT2D eigenvalue weighted by Crippen LogP contribution is -2.43. The van der Waals surface area contributed by atoms with Gasteiger partial charge in [0.25, 0.3) is 0 Å². The molecule has 0 spiro atoms. The van der Waals surface area contributed by atoms with E-state index in [1.54, 1.807) is 0 Å². The average molecular weight is 276 g/mol. The molecule has 2 atom stereocenters. The van der Waals surface area contributed by atoms with Crippen LogP contribution in [0.4, 0.5) is 0 Å². The second-order valence-electron chi connectivity index (χ2n) is 5.39. The van der Waals surface area contributed by atoms with Gasteiger partial charge < -0.3 is 10.1 Å². The Bertz CT molecular complexity index is 440. The van der Waals surface area contributed by atoms with Gasteiger partial charge >= 0.3 is 0 Å². The first kappa shape index (κ1) is 14.9. The lowest BCUT2D eigenvalue weighted by atomic mass is 10.1. The third-order valence-electron chi connectivity index (χ3n) is 3.51. The van der Waals surface area contributed by atoms with Crippen LogP contribution in [0.3, 0.4) is 0 Å². The predicted molar refractivity (Wildman–Crippen MR) is 79.8 cm³/mol. The molecule has 20 heavy (non-hydrogen) atoms. The highest BCUT2D eigenvalue weighted by atomic mass is 16.5. The van der Waals surface area contributed by atoms with Crippen molar-refractivity contribution in [2.45, 2.75) is 51.7 Å². The van der Waals surface area contributed by atoms with Crippen LogP contribution in [0.25, 0.3) is 0 Å². The quantitative estimate of drug-likeness (QED) is 0.804. The van der Waals surface area contributed by atoms with E-state index >= 15 is 0 Å². The van der Waals surface area contributed by atoms with Crippen molar-refractivity contribution in [1.29, 1.82) is 0 Å². The van der Waals surface area contributed by atoms with Gasteiger partial charge in [0.1, 0.15) is 5.75 Å². The van der Waals surface area contributed by atoms with Gasteiger partial charge in [-0.25, -0.2) is 0 Å². The summed E-state index contributed by atoms with van der Waals surface area (Å²) >= 11 is 0. The number of nitrogens with one attached hydrogen (secondary N) is 2. The van der Waals surface area contributed by atoms with E-state index in [1.165, 1.54) is 0 Å². The fourth-order valence-electron chi connectivity index (χ4n) is 2.12. The largest absolute Gasteiger partial charge is 0.494 e. The summed E-state index contributed by atoms with van der Waals surface area (Å²) in [7, 11) is 0. The summed E-state index contributed by atoms with van der Waals surface area (Å²) in [5.41, 5.74) is 1.15. The van der Waals surface area contributed by atoms with E-state index in [9.17, 15) is 4.79 Å². The lowest BCUT2D eigenvalue weighted by Gasteiger charge is -2.20. The van der Waals surface area contributed by atoms with Crippen LogP contribution in [-0.4, -0.2) is 24.6 Å².